The van der Waals surface area contributed by atoms with Crippen LogP contribution in [0.4, 0.5) is 10.1 Å². The SMILES string of the molecule is CC(C)[C@H](NC(=O)c1ccccc1)c1nnc(SCC(=O)Nc2cccc(F)c2)n1C. The van der Waals surface area contributed by atoms with Gasteiger partial charge in [0.25, 0.3) is 5.91 Å². The van der Waals surface area contributed by atoms with Crippen molar-refractivity contribution in [2.45, 2.75) is 25.0 Å². The topological polar surface area (TPSA) is 88.9 Å². The normalized spacial score (nSPS) is 11.9. The Morgan fingerprint density at radius 1 is 1.10 bits per heavy atom. The van der Waals surface area contributed by atoms with Gasteiger partial charge in [-0.25, -0.2) is 4.39 Å². The fourth-order valence-electron chi connectivity index (χ4n) is 2.96. The summed E-state index contributed by atoms with van der Waals surface area (Å²) in [7, 11) is 1.80. The van der Waals surface area contributed by atoms with Gasteiger partial charge in [-0.2, -0.15) is 0 Å². The van der Waals surface area contributed by atoms with Gasteiger partial charge >= 0.3 is 0 Å². The van der Waals surface area contributed by atoms with Gasteiger partial charge in [0, 0.05) is 18.3 Å². The summed E-state index contributed by atoms with van der Waals surface area (Å²) < 4.78 is 15.0. The van der Waals surface area contributed by atoms with Crippen LogP contribution in [0.15, 0.2) is 59.8 Å². The van der Waals surface area contributed by atoms with E-state index in [2.05, 4.69) is 20.8 Å². The number of hydrogen-bond donors (Lipinski definition) is 2. The zero-order valence-corrected chi connectivity index (χ0v) is 18.3. The van der Waals surface area contributed by atoms with Crippen LogP contribution < -0.4 is 10.6 Å². The minimum absolute atomic E-state index is 0.0738. The van der Waals surface area contributed by atoms with Crippen molar-refractivity contribution in [3.63, 3.8) is 0 Å². The van der Waals surface area contributed by atoms with Crippen LogP contribution >= 0.6 is 11.8 Å². The third-order valence-corrected chi connectivity index (χ3v) is 5.60. The third kappa shape index (κ3) is 5.91. The average Bonchev–Trinajstić information content (AvgIpc) is 3.10. The van der Waals surface area contributed by atoms with E-state index in [0.717, 1.165) is 0 Å². The molecule has 0 spiro atoms. The highest BCUT2D eigenvalue weighted by molar-refractivity contribution is 7.99. The number of thioether (sulfide) groups is 1. The number of hydrogen-bond acceptors (Lipinski definition) is 5. The van der Waals surface area contributed by atoms with Crippen LogP contribution in [0.2, 0.25) is 0 Å². The molecule has 0 aliphatic heterocycles. The summed E-state index contributed by atoms with van der Waals surface area (Å²) in [5, 5.41) is 14.6. The number of rotatable bonds is 8. The van der Waals surface area contributed by atoms with Crippen molar-refractivity contribution in [1.82, 2.24) is 20.1 Å². The Hall–Kier alpha value is -3.20. The van der Waals surface area contributed by atoms with E-state index < -0.39 is 5.82 Å². The minimum atomic E-state index is -0.416. The van der Waals surface area contributed by atoms with Crippen LogP contribution in [0.25, 0.3) is 0 Å². The highest BCUT2D eigenvalue weighted by atomic mass is 32.2. The van der Waals surface area contributed by atoms with Crippen LogP contribution in [-0.2, 0) is 11.8 Å². The summed E-state index contributed by atoms with van der Waals surface area (Å²) in [4.78, 5) is 24.8. The molecule has 0 unspecified atom stereocenters. The lowest BCUT2D eigenvalue weighted by atomic mass is 10.0. The van der Waals surface area contributed by atoms with Crippen molar-refractivity contribution in [1.29, 1.82) is 0 Å². The lowest BCUT2D eigenvalue weighted by Crippen LogP contribution is -2.33. The van der Waals surface area contributed by atoms with Crippen LogP contribution in [0, 0.1) is 11.7 Å². The fraction of sp³-hybridized carbons (Fsp3) is 0.273. The smallest absolute Gasteiger partial charge is 0.251 e. The van der Waals surface area contributed by atoms with Crippen molar-refractivity contribution < 1.29 is 14.0 Å². The van der Waals surface area contributed by atoms with Gasteiger partial charge in [0.1, 0.15) is 5.82 Å². The number of carbonyl (C=O) groups is 2. The van der Waals surface area contributed by atoms with E-state index in [0.29, 0.717) is 22.2 Å². The minimum Gasteiger partial charge on any atom is -0.342 e. The second kappa shape index (κ2) is 10.2. The van der Waals surface area contributed by atoms with Crippen LogP contribution in [-0.4, -0.2) is 32.3 Å². The van der Waals surface area contributed by atoms with E-state index in [-0.39, 0.29) is 29.5 Å². The zero-order chi connectivity index (χ0) is 22.4. The predicted molar refractivity (Wildman–Crippen MR) is 118 cm³/mol. The molecule has 1 atom stereocenters. The van der Waals surface area contributed by atoms with Gasteiger partial charge in [0.15, 0.2) is 11.0 Å². The number of carbonyl (C=O) groups excluding carboxylic acids is 2. The molecule has 3 rings (SSSR count). The zero-order valence-electron chi connectivity index (χ0n) is 17.5. The van der Waals surface area contributed by atoms with Gasteiger partial charge in [-0.05, 0) is 36.2 Å². The molecule has 0 saturated carbocycles. The number of halogens is 1. The lowest BCUT2D eigenvalue weighted by Gasteiger charge is -2.21. The molecule has 1 heterocycles. The Labute approximate surface area is 184 Å². The maximum absolute atomic E-state index is 13.3. The number of nitrogens with one attached hydrogen (secondary N) is 2. The highest BCUT2D eigenvalue weighted by Gasteiger charge is 2.25. The second-order valence-electron chi connectivity index (χ2n) is 7.31. The molecular formula is C22H24FN5O2S. The van der Waals surface area contributed by atoms with Crippen LogP contribution in [0.3, 0.4) is 0 Å². The predicted octanol–water partition coefficient (Wildman–Crippen LogP) is 3.81. The van der Waals surface area contributed by atoms with E-state index in [4.69, 9.17) is 0 Å². The quantitative estimate of drug-likeness (QED) is 0.519. The van der Waals surface area contributed by atoms with E-state index in [1.807, 2.05) is 32.0 Å². The van der Waals surface area contributed by atoms with Crippen LogP contribution in [0.5, 0.6) is 0 Å². The molecule has 2 N–H and O–H groups in total. The Balaban J connectivity index is 1.65. The van der Waals surface area contributed by atoms with E-state index in [1.54, 1.807) is 29.8 Å². The maximum Gasteiger partial charge on any atom is 0.251 e. The van der Waals surface area contributed by atoms with Crippen molar-refractivity contribution >= 4 is 29.3 Å². The van der Waals surface area contributed by atoms with E-state index in [9.17, 15) is 14.0 Å². The van der Waals surface area contributed by atoms with Gasteiger partial charge in [0.05, 0.1) is 11.8 Å². The molecule has 162 valence electrons. The molecule has 9 heteroatoms. The van der Waals surface area contributed by atoms with Crippen molar-refractivity contribution in [3.8, 4) is 0 Å². The average molecular weight is 442 g/mol. The summed E-state index contributed by atoms with van der Waals surface area (Å²) in [5.41, 5.74) is 0.965. The molecule has 1 aromatic heterocycles. The van der Waals surface area contributed by atoms with E-state index in [1.165, 1.54) is 30.0 Å². The van der Waals surface area contributed by atoms with Crippen LogP contribution in [0.1, 0.15) is 36.1 Å². The first-order chi connectivity index (χ1) is 14.8. The summed E-state index contributed by atoms with van der Waals surface area (Å²) in [5.74, 6) is -0.118. The van der Waals surface area contributed by atoms with Crippen molar-refractivity contribution in [2.24, 2.45) is 13.0 Å². The number of anilines is 1. The first kappa shape index (κ1) is 22.5. The fourth-order valence-corrected chi connectivity index (χ4v) is 3.68. The van der Waals surface area contributed by atoms with Gasteiger partial charge in [-0.3, -0.25) is 9.59 Å². The van der Waals surface area contributed by atoms with Gasteiger partial charge < -0.3 is 15.2 Å². The summed E-state index contributed by atoms with van der Waals surface area (Å²) in [6.07, 6.45) is 0. The molecule has 0 fully saturated rings. The molecule has 0 bridgehead atoms. The van der Waals surface area contributed by atoms with Gasteiger partial charge in [0.2, 0.25) is 5.91 Å². The Bertz CT molecular complexity index is 1060. The molecule has 0 aliphatic carbocycles. The number of nitrogens with zero attached hydrogens (tertiary/aromatic N) is 3. The molecule has 2 amide bonds. The van der Waals surface area contributed by atoms with Gasteiger partial charge in [-0.1, -0.05) is 49.9 Å². The first-order valence-corrected chi connectivity index (χ1v) is 10.8. The third-order valence-electron chi connectivity index (χ3n) is 4.58. The number of amides is 2. The molecule has 2 aromatic carbocycles. The van der Waals surface area contributed by atoms with Crippen molar-refractivity contribution in [2.75, 3.05) is 11.1 Å². The second-order valence-corrected chi connectivity index (χ2v) is 8.25. The molecule has 0 aliphatic rings. The van der Waals surface area contributed by atoms with E-state index >= 15 is 0 Å². The Morgan fingerprint density at radius 3 is 2.52 bits per heavy atom. The lowest BCUT2D eigenvalue weighted by molar-refractivity contribution is -0.113. The Morgan fingerprint density at radius 2 is 1.84 bits per heavy atom. The summed E-state index contributed by atoms with van der Waals surface area (Å²) in [6.45, 7) is 3.98. The van der Waals surface area contributed by atoms with Crippen molar-refractivity contribution in [3.05, 3.63) is 71.8 Å². The maximum atomic E-state index is 13.3. The standard InChI is InChI=1S/C22H24FN5O2S/c1-14(2)19(25-21(30)15-8-5-4-6-9-15)20-26-27-22(28(20)3)31-13-18(29)24-17-11-7-10-16(23)12-17/h4-12,14,19H,13H2,1-3H3,(H,24,29)(H,25,30)/t19-/m0/s1. The molecule has 3 aromatic rings. The summed E-state index contributed by atoms with van der Waals surface area (Å²) in [6, 6.07) is 14.4. The molecular weight excluding hydrogens is 417 g/mol. The Kier molecular flexibility index (Phi) is 7.41. The monoisotopic (exact) mass is 441 g/mol. The highest BCUT2D eigenvalue weighted by Crippen LogP contribution is 2.24. The number of benzene rings is 2. The molecule has 31 heavy (non-hydrogen) atoms. The first-order valence-electron chi connectivity index (χ1n) is 9.78. The summed E-state index contributed by atoms with van der Waals surface area (Å²) >= 11 is 1.21. The largest absolute Gasteiger partial charge is 0.342 e. The molecule has 7 nitrogen and oxygen atoms in total. The van der Waals surface area contributed by atoms with Gasteiger partial charge in [-0.15, -0.1) is 10.2 Å². The molecule has 0 saturated heterocycles. The number of aromatic nitrogens is 3. The molecule has 0 radical (unpaired) electrons.